The number of carbonyl (C=O) groups is 5. The second-order valence-electron chi connectivity index (χ2n) is 12.1. The van der Waals surface area contributed by atoms with E-state index in [1.807, 2.05) is 0 Å². The van der Waals surface area contributed by atoms with Crippen LogP contribution in [-0.4, -0.2) is 68.1 Å². The molecule has 6 rings (SSSR count). The number of ether oxygens (including phenoxy) is 1. The highest BCUT2D eigenvalue weighted by Gasteiger charge is 2.77. The molecule has 2 aromatic rings. The maximum Gasteiger partial charge on any atom is 0.303 e. The van der Waals surface area contributed by atoms with Crippen molar-refractivity contribution in [2.45, 2.75) is 41.3 Å². The van der Waals surface area contributed by atoms with E-state index in [1.165, 1.54) is 25.3 Å². The number of amides is 4. The molecule has 18 heteroatoms. The van der Waals surface area contributed by atoms with Gasteiger partial charge in [0.2, 0.25) is 17.6 Å². The number of hydrogen-bond donors (Lipinski definition) is 2. The van der Waals surface area contributed by atoms with Gasteiger partial charge in [-0.2, -0.15) is 0 Å². The number of alkyl halides is 2. The lowest BCUT2D eigenvalue weighted by atomic mass is 9.56. The minimum absolute atomic E-state index is 0.0104. The number of benzene rings is 2. The number of carboxylic acids is 1. The van der Waals surface area contributed by atoms with Crippen LogP contribution in [0.4, 0.5) is 27.6 Å². The van der Waals surface area contributed by atoms with Crippen LogP contribution in [0.15, 0.2) is 28.3 Å². The predicted molar refractivity (Wildman–Crippen MR) is 162 cm³/mol. The molecular formula is C31H22BrCl2F5N2O8. The number of anilines is 1. The van der Waals surface area contributed by atoms with Crippen molar-refractivity contribution in [3.05, 3.63) is 62.9 Å². The van der Waals surface area contributed by atoms with Gasteiger partial charge in [-0.05, 0) is 58.8 Å². The molecule has 10 nitrogen and oxygen atoms in total. The summed E-state index contributed by atoms with van der Waals surface area (Å²) < 4.78 is 78.3. The molecule has 6 atom stereocenters. The van der Waals surface area contributed by atoms with Crippen LogP contribution in [0.25, 0.3) is 0 Å². The molecule has 0 aromatic heterocycles. The van der Waals surface area contributed by atoms with Crippen molar-refractivity contribution in [3.63, 3.8) is 0 Å². The number of carbonyl (C=O) groups excluding carboxylic acids is 4. The van der Waals surface area contributed by atoms with E-state index in [0.717, 1.165) is 4.90 Å². The summed E-state index contributed by atoms with van der Waals surface area (Å²) in [5, 5.41) is 19.5. The lowest BCUT2D eigenvalue weighted by molar-refractivity contribution is -0.142. The zero-order valence-corrected chi connectivity index (χ0v) is 27.9. The van der Waals surface area contributed by atoms with E-state index in [0.29, 0.717) is 0 Å². The molecule has 260 valence electrons. The normalized spacial score (nSPS) is 29.2. The minimum Gasteiger partial charge on any atom is -0.503 e. The quantitative estimate of drug-likeness (QED) is 0.0963. The van der Waals surface area contributed by atoms with Gasteiger partial charge in [0.15, 0.2) is 44.5 Å². The Balaban J connectivity index is 1.56. The Labute approximate surface area is 291 Å². The molecule has 2 aromatic carbocycles. The molecule has 6 unspecified atom stereocenters. The molecule has 2 aliphatic carbocycles. The standard InChI is InChI=1S/C31H22BrCl2F5N2O8/c1-49-15-8-10(7-14(32)25(15)44)18-11-4-5-12-17(27(46)40(26(12)45)6-2-3-16(42)43)13(11)9-30(33)28(47)41(29(48)31(18,30)34)24-22(38)20(36)19(35)21(37)23(24)39/h4,7-8,12-13,17-18,44H,2-3,5-6,9H2,1H3,(H,42,43). The van der Waals surface area contributed by atoms with Crippen LogP contribution >= 0.6 is 39.1 Å². The van der Waals surface area contributed by atoms with Gasteiger partial charge in [-0.25, -0.2) is 26.9 Å². The molecule has 49 heavy (non-hydrogen) atoms. The first-order valence-electron chi connectivity index (χ1n) is 14.6. The van der Waals surface area contributed by atoms with Gasteiger partial charge in [0.05, 0.1) is 23.4 Å². The van der Waals surface area contributed by atoms with Crippen molar-refractivity contribution in [2.75, 3.05) is 18.6 Å². The van der Waals surface area contributed by atoms with Crippen molar-refractivity contribution >= 4 is 74.4 Å². The Morgan fingerprint density at radius 2 is 1.59 bits per heavy atom. The number of nitrogens with zero attached hydrogens (tertiary/aromatic N) is 2. The van der Waals surface area contributed by atoms with E-state index in [-0.39, 0.29) is 52.1 Å². The van der Waals surface area contributed by atoms with E-state index < -0.39 is 110 Å². The van der Waals surface area contributed by atoms with E-state index in [4.69, 9.17) is 33.0 Å². The fourth-order valence-corrected chi connectivity index (χ4v) is 8.93. The first-order valence-corrected chi connectivity index (χ1v) is 16.1. The van der Waals surface area contributed by atoms with Crippen LogP contribution in [0.3, 0.4) is 0 Å². The van der Waals surface area contributed by atoms with Crippen molar-refractivity contribution in [1.82, 2.24) is 4.90 Å². The fraction of sp³-hybridized carbons (Fsp3) is 0.387. The van der Waals surface area contributed by atoms with Crippen LogP contribution in [0.1, 0.15) is 37.2 Å². The number of carboxylic acid groups (broad SMARTS) is 1. The number of methoxy groups -OCH3 is 1. The van der Waals surface area contributed by atoms with Gasteiger partial charge in [-0.1, -0.05) is 11.6 Å². The van der Waals surface area contributed by atoms with Gasteiger partial charge in [0.25, 0.3) is 11.8 Å². The lowest BCUT2D eigenvalue weighted by Crippen LogP contribution is -2.60. The summed E-state index contributed by atoms with van der Waals surface area (Å²) in [6.45, 7) is -0.235. The van der Waals surface area contributed by atoms with Gasteiger partial charge in [-0.15, -0.1) is 23.2 Å². The molecule has 0 spiro atoms. The average Bonchev–Trinajstić information content (AvgIpc) is 3.38. The third kappa shape index (κ3) is 4.73. The smallest absolute Gasteiger partial charge is 0.303 e. The maximum absolute atomic E-state index is 15.2. The number of halogens is 8. The number of imide groups is 2. The summed E-state index contributed by atoms with van der Waals surface area (Å²) in [6, 6.07) is 2.50. The van der Waals surface area contributed by atoms with E-state index in [1.54, 1.807) is 0 Å². The number of phenols is 1. The number of rotatable bonds is 7. The predicted octanol–water partition coefficient (Wildman–Crippen LogP) is 5.29. The number of allylic oxidation sites excluding steroid dienone is 2. The highest BCUT2D eigenvalue weighted by molar-refractivity contribution is 9.10. The Kier molecular flexibility index (Phi) is 8.55. The highest BCUT2D eigenvalue weighted by Crippen LogP contribution is 2.66. The number of likely N-dealkylation sites (tertiary alicyclic amines) is 1. The van der Waals surface area contributed by atoms with E-state index >= 15 is 8.78 Å². The zero-order valence-electron chi connectivity index (χ0n) is 24.8. The fourth-order valence-electron chi connectivity index (χ4n) is 7.53. The molecule has 2 saturated heterocycles. The van der Waals surface area contributed by atoms with Crippen molar-refractivity contribution in [3.8, 4) is 11.5 Å². The van der Waals surface area contributed by atoms with E-state index in [2.05, 4.69) is 15.9 Å². The monoisotopic (exact) mass is 794 g/mol. The Bertz CT molecular complexity index is 1900. The molecule has 0 radical (unpaired) electrons. The maximum atomic E-state index is 15.2. The van der Waals surface area contributed by atoms with Gasteiger partial charge in [0, 0.05) is 18.9 Å². The third-order valence-corrected chi connectivity index (χ3v) is 11.7. The highest BCUT2D eigenvalue weighted by atomic mass is 79.9. The van der Waals surface area contributed by atoms with Gasteiger partial charge in [0.1, 0.15) is 5.69 Å². The molecular weight excluding hydrogens is 774 g/mol. The number of aliphatic carboxylic acids is 1. The van der Waals surface area contributed by atoms with Crippen molar-refractivity contribution in [1.29, 1.82) is 0 Å². The average molecular weight is 796 g/mol. The Morgan fingerprint density at radius 1 is 0.980 bits per heavy atom. The molecule has 2 N–H and O–H groups in total. The molecule has 0 bridgehead atoms. The molecule has 4 aliphatic rings. The number of hydrogen-bond acceptors (Lipinski definition) is 7. The molecule has 2 aliphatic heterocycles. The molecule has 1 saturated carbocycles. The molecule has 3 fully saturated rings. The van der Waals surface area contributed by atoms with Crippen LogP contribution in [0.2, 0.25) is 0 Å². The van der Waals surface area contributed by atoms with Crippen LogP contribution in [0, 0.1) is 46.8 Å². The van der Waals surface area contributed by atoms with Crippen molar-refractivity contribution in [2.24, 2.45) is 17.8 Å². The first-order chi connectivity index (χ1) is 22.9. The first kappa shape index (κ1) is 35.1. The summed E-state index contributed by atoms with van der Waals surface area (Å²) in [7, 11) is 1.19. The molecule has 2 heterocycles. The molecule has 4 amide bonds. The van der Waals surface area contributed by atoms with Crippen LogP contribution in [0.5, 0.6) is 11.5 Å². The zero-order chi connectivity index (χ0) is 36.1. The number of fused-ring (bicyclic) bond motifs is 4. The van der Waals surface area contributed by atoms with E-state index in [9.17, 15) is 42.3 Å². The van der Waals surface area contributed by atoms with Crippen molar-refractivity contribution < 1.29 is 60.9 Å². The summed E-state index contributed by atoms with van der Waals surface area (Å²) in [6.07, 6.45) is 0.318. The Morgan fingerprint density at radius 3 is 2.18 bits per heavy atom. The van der Waals surface area contributed by atoms with Crippen LogP contribution < -0.4 is 9.64 Å². The van der Waals surface area contributed by atoms with Gasteiger partial charge >= 0.3 is 5.97 Å². The Hall–Kier alpha value is -3.76. The van der Waals surface area contributed by atoms with Gasteiger partial charge in [-0.3, -0.25) is 28.9 Å². The summed E-state index contributed by atoms with van der Waals surface area (Å²) in [5.74, 6) is -23.8. The SMILES string of the molecule is COc1cc(C2C3=CCC4C(=O)N(CCCC(=O)O)C(=O)C4C3CC3(Cl)C(=O)N(c4c(F)c(F)c(F)c(F)c4F)C(=O)C23Cl)cc(Br)c1O. The summed E-state index contributed by atoms with van der Waals surface area (Å²) in [4.78, 5) is 62.0. The summed E-state index contributed by atoms with van der Waals surface area (Å²) in [5.41, 5.74) is -1.69. The second-order valence-corrected chi connectivity index (χ2v) is 14.2. The second kappa shape index (κ2) is 11.9. The minimum atomic E-state index is -2.75. The van der Waals surface area contributed by atoms with Crippen LogP contribution in [-0.2, 0) is 24.0 Å². The number of phenolic OH excluding ortho intramolecular Hbond substituents is 1. The lowest BCUT2D eigenvalue weighted by Gasteiger charge is -2.50. The number of aromatic hydroxyl groups is 1. The topological polar surface area (TPSA) is 142 Å². The largest absolute Gasteiger partial charge is 0.503 e. The van der Waals surface area contributed by atoms with Gasteiger partial charge < -0.3 is 14.9 Å². The third-order valence-electron chi connectivity index (χ3n) is 9.69. The summed E-state index contributed by atoms with van der Waals surface area (Å²) >= 11 is 17.3.